The third-order valence-corrected chi connectivity index (χ3v) is 3.05. The SMILES string of the molecule is CCOC(=O)CC(=O)Nc1ccc(Br)c(Cl)c1. The molecule has 0 saturated carbocycles. The molecule has 0 radical (unpaired) electrons. The van der Waals surface area contributed by atoms with Crippen LogP contribution in [0.1, 0.15) is 13.3 Å². The van der Waals surface area contributed by atoms with Crippen LogP contribution in [0.4, 0.5) is 5.69 Å². The largest absolute Gasteiger partial charge is 0.466 e. The molecule has 1 amide bonds. The molecular formula is C11H11BrClNO3. The Morgan fingerprint density at radius 3 is 2.76 bits per heavy atom. The number of halogens is 2. The Labute approximate surface area is 112 Å². The third kappa shape index (κ3) is 4.75. The first-order valence-electron chi connectivity index (χ1n) is 4.93. The highest BCUT2D eigenvalue weighted by molar-refractivity contribution is 9.10. The molecule has 4 nitrogen and oxygen atoms in total. The van der Waals surface area contributed by atoms with E-state index in [9.17, 15) is 9.59 Å². The molecule has 0 aromatic heterocycles. The molecule has 0 aliphatic carbocycles. The summed E-state index contributed by atoms with van der Waals surface area (Å²) in [5, 5.41) is 3.04. The summed E-state index contributed by atoms with van der Waals surface area (Å²) in [6.45, 7) is 1.94. The number of carbonyl (C=O) groups excluding carboxylic acids is 2. The van der Waals surface area contributed by atoms with Gasteiger partial charge in [-0.2, -0.15) is 0 Å². The molecule has 0 bridgehead atoms. The van der Waals surface area contributed by atoms with Gasteiger partial charge < -0.3 is 10.1 Å². The van der Waals surface area contributed by atoms with Crippen molar-refractivity contribution in [3.63, 3.8) is 0 Å². The van der Waals surface area contributed by atoms with Gasteiger partial charge in [-0.25, -0.2) is 0 Å². The number of benzene rings is 1. The normalized spacial score (nSPS) is 9.82. The molecule has 17 heavy (non-hydrogen) atoms. The van der Waals surface area contributed by atoms with Crippen LogP contribution in [-0.2, 0) is 14.3 Å². The van der Waals surface area contributed by atoms with E-state index in [1.54, 1.807) is 25.1 Å². The molecule has 1 rings (SSSR count). The number of anilines is 1. The van der Waals surface area contributed by atoms with Crippen LogP contribution in [0.15, 0.2) is 22.7 Å². The van der Waals surface area contributed by atoms with Crippen LogP contribution in [0.3, 0.4) is 0 Å². The fourth-order valence-electron chi connectivity index (χ4n) is 1.12. The van der Waals surface area contributed by atoms with E-state index in [0.717, 1.165) is 4.47 Å². The second-order valence-corrected chi connectivity index (χ2v) is 4.42. The minimum absolute atomic E-state index is 0.260. The highest BCUT2D eigenvalue weighted by Gasteiger charge is 2.10. The second-order valence-electron chi connectivity index (χ2n) is 3.16. The van der Waals surface area contributed by atoms with Crippen molar-refractivity contribution in [3.05, 3.63) is 27.7 Å². The highest BCUT2D eigenvalue weighted by Crippen LogP contribution is 2.25. The lowest BCUT2D eigenvalue weighted by Gasteiger charge is -2.06. The Morgan fingerprint density at radius 1 is 1.47 bits per heavy atom. The number of rotatable bonds is 4. The predicted molar refractivity (Wildman–Crippen MR) is 69.0 cm³/mol. The number of hydrogen-bond donors (Lipinski definition) is 1. The average molecular weight is 321 g/mol. The van der Waals surface area contributed by atoms with E-state index < -0.39 is 11.9 Å². The molecule has 1 N–H and O–H groups in total. The summed E-state index contributed by atoms with van der Waals surface area (Å²) in [5.74, 6) is -0.977. The van der Waals surface area contributed by atoms with Crippen LogP contribution in [0.5, 0.6) is 0 Å². The van der Waals surface area contributed by atoms with Crippen molar-refractivity contribution in [2.45, 2.75) is 13.3 Å². The first kappa shape index (κ1) is 14.0. The van der Waals surface area contributed by atoms with Gasteiger partial charge in [-0.05, 0) is 41.1 Å². The lowest BCUT2D eigenvalue weighted by Crippen LogP contribution is -2.18. The van der Waals surface area contributed by atoms with E-state index in [0.29, 0.717) is 10.7 Å². The van der Waals surface area contributed by atoms with Crippen molar-refractivity contribution in [2.24, 2.45) is 0 Å². The molecule has 0 unspecified atom stereocenters. The summed E-state index contributed by atoms with van der Waals surface area (Å²) in [6.07, 6.45) is -0.304. The summed E-state index contributed by atoms with van der Waals surface area (Å²) in [5.41, 5.74) is 0.535. The number of esters is 1. The van der Waals surface area contributed by atoms with Gasteiger partial charge in [0.1, 0.15) is 6.42 Å². The average Bonchev–Trinajstić information content (AvgIpc) is 2.23. The molecule has 0 spiro atoms. The fourth-order valence-corrected chi connectivity index (χ4v) is 1.55. The second kappa shape index (κ2) is 6.61. The van der Waals surface area contributed by atoms with Gasteiger partial charge in [0, 0.05) is 10.2 Å². The van der Waals surface area contributed by atoms with E-state index in [1.807, 2.05) is 0 Å². The quantitative estimate of drug-likeness (QED) is 0.685. The first-order chi connectivity index (χ1) is 8.02. The van der Waals surface area contributed by atoms with Gasteiger partial charge in [-0.3, -0.25) is 9.59 Å². The summed E-state index contributed by atoms with van der Waals surface area (Å²) in [6, 6.07) is 4.98. The van der Waals surface area contributed by atoms with Gasteiger partial charge in [0.05, 0.1) is 11.6 Å². The maximum absolute atomic E-state index is 11.4. The van der Waals surface area contributed by atoms with Crippen LogP contribution in [0.25, 0.3) is 0 Å². The van der Waals surface area contributed by atoms with Crippen LogP contribution >= 0.6 is 27.5 Å². The monoisotopic (exact) mass is 319 g/mol. The highest BCUT2D eigenvalue weighted by atomic mass is 79.9. The van der Waals surface area contributed by atoms with Crippen molar-refractivity contribution in [2.75, 3.05) is 11.9 Å². The Balaban J connectivity index is 2.56. The molecule has 0 atom stereocenters. The van der Waals surface area contributed by atoms with Crippen molar-refractivity contribution in [1.29, 1.82) is 0 Å². The van der Waals surface area contributed by atoms with Crippen molar-refractivity contribution in [3.8, 4) is 0 Å². The van der Waals surface area contributed by atoms with Gasteiger partial charge in [-0.15, -0.1) is 0 Å². The number of carbonyl (C=O) groups is 2. The number of amides is 1. The fraction of sp³-hybridized carbons (Fsp3) is 0.273. The Morgan fingerprint density at radius 2 is 2.18 bits per heavy atom. The van der Waals surface area contributed by atoms with Crippen molar-refractivity contribution >= 4 is 45.1 Å². The molecule has 1 aromatic rings. The molecule has 0 fully saturated rings. The van der Waals surface area contributed by atoms with E-state index >= 15 is 0 Å². The van der Waals surface area contributed by atoms with E-state index in [4.69, 9.17) is 11.6 Å². The predicted octanol–water partition coefficient (Wildman–Crippen LogP) is 2.99. The van der Waals surface area contributed by atoms with Crippen molar-refractivity contribution < 1.29 is 14.3 Å². The topological polar surface area (TPSA) is 55.4 Å². The zero-order chi connectivity index (χ0) is 12.8. The number of hydrogen-bond acceptors (Lipinski definition) is 3. The van der Waals surface area contributed by atoms with Crippen LogP contribution < -0.4 is 5.32 Å². The summed E-state index contributed by atoms with van der Waals surface area (Å²) >= 11 is 9.10. The van der Waals surface area contributed by atoms with Crippen LogP contribution in [-0.4, -0.2) is 18.5 Å². The first-order valence-corrected chi connectivity index (χ1v) is 6.10. The van der Waals surface area contributed by atoms with Crippen molar-refractivity contribution in [1.82, 2.24) is 0 Å². The van der Waals surface area contributed by atoms with Gasteiger partial charge in [0.2, 0.25) is 5.91 Å². The van der Waals surface area contributed by atoms with Gasteiger partial charge in [0.15, 0.2) is 0 Å². The minimum Gasteiger partial charge on any atom is -0.466 e. The molecule has 0 aliphatic rings. The third-order valence-electron chi connectivity index (χ3n) is 1.81. The summed E-state index contributed by atoms with van der Waals surface area (Å²) in [4.78, 5) is 22.5. The maximum atomic E-state index is 11.4. The Kier molecular flexibility index (Phi) is 5.44. The molecule has 6 heteroatoms. The van der Waals surface area contributed by atoms with E-state index in [2.05, 4.69) is 26.0 Å². The van der Waals surface area contributed by atoms with Gasteiger partial charge in [0.25, 0.3) is 0 Å². The summed E-state index contributed by atoms with van der Waals surface area (Å²) < 4.78 is 5.40. The molecule has 0 aliphatic heterocycles. The smallest absolute Gasteiger partial charge is 0.315 e. The zero-order valence-electron chi connectivity index (χ0n) is 9.13. The number of nitrogens with one attached hydrogen (secondary N) is 1. The summed E-state index contributed by atoms with van der Waals surface area (Å²) in [7, 11) is 0. The molecular weight excluding hydrogens is 309 g/mol. The molecule has 0 saturated heterocycles. The zero-order valence-corrected chi connectivity index (χ0v) is 11.5. The number of ether oxygens (including phenoxy) is 1. The lowest BCUT2D eigenvalue weighted by molar-refractivity contribution is -0.145. The molecule has 0 heterocycles. The maximum Gasteiger partial charge on any atom is 0.315 e. The minimum atomic E-state index is -0.548. The molecule has 1 aromatic carbocycles. The van der Waals surface area contributed by atoms with Gasteiger partial charge >= 0.3 is 5.97 Å². The lowest BCUT2D eigenvalue weighted by atomic mass is 10.3. The van der Waals surface area contributed by atoms with E-state index in [-0.39, 0.29) is 13.0 Å². The standard InChI is InChI=1S/C11H11BrClNO3/c1-2-17-11(16)6-10(15)14-7-3-4-8(12)9(13)5-7/h3-5H,2,6H2,1H3,(H,14,15). The molecule has 92 valence electrons. The Bertz CT molecular complexity index is 437. The Hall–Kier alpha value is -1.07. The van der Waals surface area contributed by atoms with E-state index in [1.165, 1.54) is 0 Å². The van der Waals surface area contributed by atoms with Crippen LogP contribution in [0, 0.1) is 0 Å². The van der Waals surface area contributed by atoms with Crippen LogP contribution in [0.2, 0.25) is 5.02 Å². The van der Waals surface area contributed by atoms with Gasteiger partial charge in [-0.1, -0.05) is 11.6 Å².